The van der Waals surface area contributed by atoms with Crippen molar-refractivity contribution in [2.45, 2.75) is 31.3 Å². The van der Waals surface area contributed by atoms with Crippen LogP contribution in [-0.4, -0.2) is 28.8 Å². The van der Waals surface area contributed by atoms with Crippen LogP contribution in [0.5, 0.6) is 0 Å². The molecule has 2 aromatic rings. The lowest BCUT2D eigenvalue weighted by Gasteiger charge is -2.28. The van der Waals surface area contributed by atoms with Crippen molar-refractivity contribution >= 4 is 35.1 Å². The summed E-state index contributed by atoms with van der Waals surface area (Å²) in [6, 6.07) is 7.07. The summed E-state index contributed by atoms with van der Waals surface area (Å²) < 4.78 is 4.97. The number of fused-ring (bicyclic) bond motifs is 1. The normalized spacial score (nSPS) is 15.9. The molecule has 0 saturated carbocycles. The Bertz CT molecular complexity index is 954. The number of halogens is 1. The predicted molar refractivity (Wildman–Crippen MR) is 108 cm³/mol. The van der Waals surface area contributed by atoms with E-state index in [1.165, 1.54) is 18.9 Å². The molecular formula is C19H20ClN3O3S. The summed E-state index contributed by atoms with van der Waals surface area (Å²) in [4.78, 5) is 32.8. The molecule has 0 amide bonds. The zero-order valence-electron chi connectivity index (χ0n) is 15.3. The van der Waals surface area contributed by atoms with Gasteiger partial charge in [0.2, 0.25) is 0 Å². The number of anilines is 1. The van der Waals surface area contributed by atoms with Crippen LogP contribution in [0.2, 0.25) is 5.02 Å². The molecule has 0 saturated heterocycles. The number of allylic oxidation sites excluding steroid dienone is 1. The lowest BCUT2D eigenvalue weighted by molar-refractivity contribution is -0.136. The molecule has 8 heteroatoms. The lowest BCUT2D eigenvalue weighted by atomic mass is 9.82. The van der Waals surface area contributed by atoms with Crippen LogP contribution in [0.1, 0.15) is 37.3 Å². The van der Waals surface area contributed by atoms with E-state index in [-0.39, 0.29) is 5.56 Å². The van der Waals surface area contributed by atoms with E-state index in [9.17, 15) is 9.59 Å². The Morgan fingerprint density at radius 1 is 1.33 bits per heavy atom. The van der Waals surface area contributed by atoms with Gasteiger partial charge in [-0.3, -0.25) is 4.79 Å². The topological polar surface area (TPSA) is 84.1 Å². The second kappa shape index (κ2) is 8.19. The number of aromatic amines is 1. The van der Waals surface area contributed by atoms with Crippen molar-refractivity contribution in [3.8, 4) is 0 Å². The minimum Gasteiger partial charge on any atom is -0.466 e. The van der Waals surface area contributed by atoms with Crippen LogP contribution in [0, 0.1) is 0 Å². The van der Waals surface area contributed by atoms with Gasteiger partial charge in [-0.2, -0.15) is 0 Å². The number of methoxy groups -OCH3 is 1. The van der Waals surface area contributed by atoms with E-state index in [4.69, 9.17) is 16.3 Å². The molecule has 27 heavy (non-hydrogen) atoms. The van der Waals surface area contributed by atoms with Crippen LogP contribution < -0.4 is 10.9 Å². The Labute approximate surface area is 166 Å². The van der Waals surface area contributed by atoms with E-state index in [0.717, 1.165) is 17.7 Å². The van der Waals surface area contributed by atoms with E-state index in [1.54, 1.807) is 31.2 Å². The van der Waals surface area contributed by atoms with Crippen LogP contribution in [-0.2, 0) is 9.53 Å². The van der Waals surface area contributed by atoms with Gasteiger partial charge < -0.3 is 15.0 Å². The minimum atomic E-state index is -0.590. The third-order valence-electron chi connectivity index (χ3n) is 4.27. The number of carbonyl (C=O) groups excluding carboxylic acids is 1. The van der Waals surface area contributed by atoms with Crippen LogP contribution in [0.4, 0.5) is 5.82 Å². The number of nitrogens with one attached hydrogen (secondary N) is 2. The number of carbonyl (C=O) groups is 1. The molecule has 0 radical (unpaired) electrons. The van der Waals surface area contributed by atoms with E-state index in [0.29, 0.717) is 32.8 Å². The Hall–Kier alpha value is -2.25. The van der Waals surface area contributed by atoms with E-state index in [1.807, 2.05) is 0 Å². The highest BCUT2D eigenvalue weighted by molar-refractivity contribution is 7.99. The van der Waals surface area contributed by atoms with Crippen molar-refractivity contribution in [2.24, 2.45) is 0 Å². The van der Waals surface area contributed by atoms with Crippen molar-refractivity contribution in [3.63, 3.8) is 0 Å². The molecule has 0 bridgehead atoms. The summed E-state index contributed by atoms with van der Waals surface area (Å²) in [5.74, 6) is 0.231. The first-order valence-corrected chi connectivity index (χ1v) is 9.91. The molecule has 2 N–H and O–H groups in total. The Balaban J connectivity index is 2.19. The van der Waals surface area contributed by atoms with Crippen molar-refractivity contribution in [3.05, 3.63) is 62.0 Å². The van der Waals surface area contributed by atoms with Gasteiger partial charge >= 0.3 is 5.97 Å². The summed E-state index contributed by atoms with van der Waals surface area (Å²) in [7, 11) is 1.32. The zero-order valence-corrected chi connectivity index (χ0v) is 16.8. The Morgan fingerprint density at radius 3 is 2.67 bits per heavy atom. The van der Waals surface area contributed by atoms with Crippen molar-refractivity contribution in [1.29, 1.82) is 0 Å². The van der Waals surface area contributed by atoms with Crippen molar-refractivity contribution < 1.29 is 9.53 Å². The molecular weight excluding hydrogens is 386 g/mol. The molecule has 142 valence electrons. The molecule has 0 unspecified atom stereocenters. The van der Waals surface area contributed by atoms with Crippen LogP contribution in [0.3, 0.4) is 0 Å². The number of thioether (sulfide) groups is 1. The quantitative estimate of drug-likeness (QED) is 0.445. The standard InChI is InChI=1S/C19H20ClN3O3S/c1-4-9-27-19-22-16-15(17(24)23-19)14(11-5-7-12(20)8-6-11)13(10(2)21-16)18(25)26-3/h5-8,14H,4,9H2,1-3H3,(H2,21,22,23,24)/t14-/m0/s1. The van der Waals surface area contributed by atoms with Crippen LogP contribution in [0.25, 0.3) is 0 Å². The third-order valence-corrected chi connectivity index (χ3v) is 5.60. The largest absolute Gasteiger partial charge is 0.466 e. The maximum Gasteiger partial charge on any atom is 0.336 e. The fraction of sp³-hybridized carbons (Fsp3) is 0.316. The monoisotopic (exact) mass is 405 g/mol. The smallest absolute Gasteiger partial charge is 0.336 e. The summed E-state index contributed by atoms with van der Waals surface area (Å²) in [5, 5.41) is 4.23. The van der Waals surface area contributed by atoms with Gasteiger partial charge in [-0.15, -0.1) is 0 Å². The predicted octanol–water partition coefficient (Wildman–Crippen LogP) is 3.93. The third kappa shape index (κ3) is 3.89. The Kier molecular flexibility index (Phi) is 5.92. The molecule has 0 aliphatic carbocycles. The average Bonchev–Trinajstić information content (AvgIpc) is 2.65. The molecule has 0 fully saturated rings. The molecule has 3 rings (SSSR count). The van der Waals surface area contributed by atoms with Gasteiger partial charge in [0.25, 0.3) is 5.56 Å². The molecule has 1 aliphatic heterocycles. The first-order valence-electron chi connectivity index (χ1n) is 8.54. The molecule has 1 aliphatic rings. The highest BCUT2D eigenvalue weighted by atomic mass is 35.5. The lowest BCUT2D eigenvalue weighted by Crippen LogP contribution is -2.31. The second-order valence-electron chi connectivity index (χ2n) is 6.12. The van der Waals surface area contributed by atoms with Gasteiger partial charge in [-0.25, -0.2) is 9.78 Å². The number of hydrogen-bond donors (Lipinski definition) is 2. The maximum absolute atomic E-state index is 12.9. The van der Waals surface area contributed by atoms with Crippen molar-refractivity contribution in [1.82, 2.24) is 9.97 Å². The highest BCUT2D eigenvalue weighted by Gasteiger charge is 2.36. The zero-order chi connectivity index (χ0) is 19.6. The molecule has 1 atom stereocenters. The minimum absolute atomic E-state index is 0.278. The first kappa shape index (κ1) is 19.5. The number of aromatic nitrogens is 2. The van der Waals surface area contributed by atoms with Crippen LogP contribution >= 0.6 is 23.4 Å². The first-order chi connectivity index (χ1) is 13.0. The molecule has 1 aromatic heterocycles. The number of hydrogen-bond acceptors (Lipinski definition) is 6. The molecule has 1 aromatic carbocycles. The number of benzene rings is 1. The number of rotatable bonds is 5. The van der Waals surface area contributed by atoms with E-state index >= 15 is 0 Å². The number of nitrogens with zero attached hydrogens (tertiary/aromatic N) is 1. The number of ether oxygens (including phenoxy) is 1. The van der Waals surface area contributed by atoms with Gasteiger partial charge in [-0.1, -0.05) is 42.4 Å². The molecule has 2 heterocycles. The molecule has 0 spiro atoms. The maximum atomic E-state index is 12.9. The van der Waals surface area contributed by atoms with E-state index < -0.39 is 11.9 Å². The van der Waals surface area contributed by atoms with Gasteiger partial charge in [0.15, 0.2) is 5.16 Å². The highest BCUT2D eigenvalue weighted by Crippen LogP contribution is 2.40. The molecule has 6 nitrogen and oxygen atoms in total. The van der Waals surface area contributed by atoms with Gasteiger partial charge in [0.05, 0.1) is 24.2 Å². The van der Waals surface area contributed by atoms with Crippen molar-refractivity contribution in [2.75, 3.05) is 18.2 Å². The summed E-state index contributed by atoms with van der Waals surface area (Å²) in [6.45, 7) is 3.84. The summed E-state index contributed by atoms with van der Waals surface area (Å²) in [6.07, 6.45) is 0.970. The SMILES string of the molecule is CCCSc1nc2c(c(=O)[nH]1)[C@@H](c1ccc(Cl)cc1)C(C(=O)OC)=C(C)N2. The fourth-order valence-electron chi connectivity index (χ4n) is 3.07. The second-order valence-corrected chi connectivity index (χ2v) is 7.64. The van der Waals surface area contributed by atoms with Gasteiger partial charge in [0, 0.05) is 16.5 Å². The van der Waals surface area contributed by atoms with Gasteiger partial charge in [0.1, 0.15) is 5.82 Å². The van der Waals surface area contributed by atoms with Gasteiger partial charge in [-0.05, 0) is 31.0 Å². The number of esters is 1. The summed E-state index contributed by atoms with van der Waals surface area (Å²) >= 11 is 7.49. The Morgan fingerprint density at radius 2 is 2.04 bits per heavy atom. The fourth-order valence-corrected chi connectivity index (χ4v) is 3.91. The average molecular weight is 406 g/mol. The number of H-pyrrole nitrogens is 1. The van der Waals surface area contributed by atoms with Crippen LogP contribution in [0.15, 0.2) is 45.5 Å². The summed E-state index contributed by atoms with van der Waals surface area (Å²) in [5.41, 5.74) is 1.87. The van der Waals surface area contributed by atoms with E-state index in [2.05, 4.69) is 22.2 Å².